The van der Waals surface area contributed by atoms with Crippen molar-refractivity contribution in [2.24, 2.45) is 5.92 Å². The first-order chi connectivity index (χ1) is 47.1. The molecule has 490 valence electrons. The predicted octanol–water partition coefficient (Wildman–Crippen LogP) is 5.90. The van der Waals surface area contributed by atoms with E-state index in [4.69, 9.17) is 0 Å². The number of benzene rings is 7. The van der Waals surface area contributed by atoms with Crippen LogP contribution >= 0.6 is 0 Å². The normalized spacial score (nSPS) is 33.6. The second-order valence-electron chi connectivity index (χ2n) is 29.1. The van der Waals surface area contributed by atoms with Crippen LogP contribution in [0.15, 0.2) is 188 Å². The lowest BCUT2D eigenvalue weighted by Crippen LogP contribution is -2.67. The van der Waals surface area contributed by atoms with Gasteiger partial charge in [-0.15, -0.1) is 0 Å². The summed E-state index contributed by atoms with van der Waals surface area (Å²) < 4.78 is 0. The Morgan fingerprint density at radius 3 is 0.794 bits per heavy atom. The molecule has 8 N–H and O–H groups in total. The Morgan fingerprint density at radius 2 is 0.536 bits per heavy atom. The van der Waals surface area contributed by atoms with E-state index in [9.17, 15) is 38.4 Å². The van der Waals surface area contributed by atoms with Crippen LogP contribution in [0.4, 0.5) is 22.7 Å². The minimum Gasteiger partial charge on any atom is -0.364 e. The van der Waals surface area contributed by atoms with E-state index < -0.39 is 94.7 Å². The molecule has 12 heterocycles. The van der Waals surface area contributed by atoms with Gasteiger partial charge in [0.25, 0.3) is 0 Å². The lowest BCUT2D eigenvalue weighted by Gasteiger charge is -2.48. The van der Waals surface area contributed by atoms with Crippen LogP contribution in [0.3, 0.4) is 0 Å². The molecule has 8 amide bonds. The Hall–Kier alpha value is -10.5. The molecule has 16 atom stereocenters. The van der Waals surface area contributed by atoms with Crippen LogP contribution in [0.1, 0.15) is 84.9 Å². The summed E-state index contributed by atoms with van der Waals surface area (Å²) in [5.41, 5.74) is 7.15. The number of fused-ring (bicyclic) bond motifs is 22. The molecule has 12 aliphatic rings. The van der Waals surface area contributed by atoms with Gasteiger partial charge in [0.15, 0.2) is 0 Å². The maximum absolute atomic E-state index is 14.6. The molecule has 12 aliphatic heterocycles. The number of hydrogen-bond donors (Lipinski definition) is 8. The van der Waals surface area contributed by atoms with E-state index in [0.717, 1.165) is 61.7 Å². The van der Waals surface area contributed by atoms with Crippen molar-refractivity contribution in [3.63, 3.8) is 0 Å². The Bertz CT molecular complexity index is 4350. The number of anilines is 4. The van der Waals surface area contributed by atoms with Gasteiger partial charge in [0.05, 0.1) is 21.7 Å². The van der Waals surface area contributed by atoms with E-state index in [-0.39, 0.29) is 53.2 Å². The van der Waals surface area contributed by atoms with Crippen molar-refractivity contribution in [1.82, 2.24) is 40.9 Å². The molecule has 0 radical (unpaired) electrons. The molecule has 0 aromatic heterocycles. The molecule has 0 aliphatic carbocycles. The van der Waals surface area contributed by atoms with Crippen molar-refractivity contribution in [2.75, 3.05) is 21.3 Å². The van der Waals surface area contributed by atoms with Gasteiger partial charge in [-0.25, -0.2) is 0 Å². The van der Waals surface area contributed by atoms with Crippen LogP contribution < -0.4 is 42.5 Å². The van der Waals surface area contributed by atoms with Gasteiger partial charge in [0.2, 0.25) is 47.3 Å². The number of rotatable bonds is 10. The van der Waals surface area contributed by atoms with E-state index >= 15 is 0 Å². The van der Waals surface area contributed by atoms with Crippen LogP contribution in [0, 0.1) is 5.92 Å². The second kappa shape index (κ2) is 21.5. The summed E-state index contributed by atoms with van der Waals surface area (Å²) in [4.78, 5) is 122. The molecule has 2 unspecified atom stereocenters. The van der Waals surface area contributed by atoms with E-state index in [2.05, 4.69) is 80.6 Å². The number of carbonyl (C=O) groups is 8. The Balaban J connectivity index is 0.000000141. The van der Waals surface area contributed by atoms with E-state index in [0.29, 0.717) is 51.4 Å². The molecular weight excluding hydrogens is 1220 g/mol. The summed E-state index contributed by atoms with van der Waals surface area (Å²) in [5, 5.41) is 27.2. The molecule has 19 rings (SSSR count). The van der Waals surface area contributed by atoms with Crippen LogP contribution in [0.5, 0.6) is 0 Å². The minimum atomic E-state index is -0.861. The highest BCUT2D eigenvalue weighted by molar-refractivity contribution is 6.03. The molecule has 0 saturated carbocycles. The number of hydrogen-bond acceptors (Lipinski definition) is 12. The first kappa shape index (κ1) is 59.0. The quantitative estimate of drug-likeness (QED) is 0.0798. The van der Waals surface area contributed by atoms with Crippen LogP contribution in [0.25, 0.3) is 0 Å². The summed E-state index contributed by atoms with van der Waals surface area (Å²) in [5.74, 6) is -0.952. The average molecular weight is 1300 g/mol. The zero-order valence-corrected chi connectivity index (χ0v) is 53.6. The van der Waals surface area contributed by atoms with Gasteiger partial charge < -0.3 is 62.1 Å². The monoisotopic (exact) mass is 1290 g/mol. The number of amides is 8. The lowest BCUT2D eigenvalue weighted by molar-refractivity contribution is -0.149. The Kier molecular flexibility index (Phi) is 13.1. The van der Waals surface area contributed by atoms with Crippen molar-refractivity contribution in [3.8, 4) is 0 Å². The first-order valence-corrected chi connectivity index (χ1v) is 34.2. The number of nitrogens with one attached hydrogen (secondary N) is 8. The van der Waals surface area contributed by atoms with Gasteiger partial charge >= 0.3 is 0 Å². The number of piperazine rings is 4. The van der Waals surface area contributed by atoms with Crippen molar-refractivity contribution in [3.05, 3.63) is 227 Å². The number of carbonyl (C=O) groups excluding carboxylic acids is 8. The first-order valence-electron chi connectivity index (χ1n) is 34.2. The third-order valence-electron chi connectivity index (χ3n) is 24.0. The number of para-hydroxylation sites is 4. The molecule has 97 heavy (non-hydrogen) atoms. The molecule has 8 saturated heterocycles. The van der Waals surface area contributed by atoms with Crippen LogP contribution in [-0.2, 0) is 79.3 Å². The molecule has 20 nitrogen and oxygen atoms in total. The zero-order valence-electron chi connectivity index (χ0n) is 53.6. The van der Waals surface area contributed by atoms with Crippen molar-refractivity contribution in [1.29, 1.82) is 0 Å². The van der Waals surface area contributed by atoms with Gasteiger partial charge in [0.1, 0.15) is 73.0 Å². The average Bonchev–Trinajstić information content (AvgIpc) is 1.49. The molecule has 0 bridgehead atoms. The van der Waals surface area contributed by atoms with Gasteiger partial charge in [-0.2, -0.15) is 0 Å². The van der Waals surface area contributed by atoms with Crippen molar-refractivity contribution in [2.45, 2.75) is 160 Å². The van der Waals surface area contributed by atoms with E-state index in [1.165, 1.54) is 0 Å². The lowest BCUT2D eigenvalue weighted by atomic mass is 9.54. The SMILES string of the molecule is CC(C)C[C@@H]1NC(=O)[C@@H]2C[C@]3(C45C[C@H]6C(=O)N[C@@H](Cc7ccccc7)C(=O)N6[C@H]4Nc4ccccc45)c4ccccc4N[C@@H]3N2C1=O.O=C1N[C@@H](Cc2ccccc2)C(=O)N2[C@H]3Nc4ccccc4C3([C@]34C[C@H]5C(=O)N[C@@H](Cc6ccccc6)C(=O)N5[C@H]3Nc3ccccc34)C[C@@H]12. The fourth-order valence-electron chi connectivity index (χ4n) is 20.4. The fourth-order valence-corrected chi connectivity index (χ4v) is 20.4. The topological polar surface area (TPSA) is 246 Å². The van der Waals surface area contributed by atoms with Gasteiger partial charge in [-0.1, -0.05) is 178 Å². The molecular formula is C77H74N12O8. The Morgan fingerprint density at radius 1 is 0.309 bits per heavy atom. The highest BCUT2D eigenvalue weighted by Crippen LogP contribution is 2.71. The molecule has 0 spiro atoms. The van der Waals surface area contributed by atoms with Gasteiger partial charge in [-0.3, -0.25) is 38.4 Å². The minimum absolute atomic E-state index is 0.0878. The number of nitrogens with zero attached hydrogens (tertiary/aromatic N) is 4. The van der Waals surface area contributed by atoms with E-state index in [1.54, 1.807) is 19.6 Å². The third kappa shape index (κ3) is 8.09. The second-order valence-corrected chi connectivity index (χ2v) is 29.1. The van der Waals surface area contributed by atoms with Gasteiger partial charge in [0, 0.05) is 42.0 Å². The predicted molar refractivity (Wildman–Crippen MR) is 361 cm³/mol. The van der Waals surface area contributed by atoms with Crippen molar-refractivity contribution >= 4 is 70.0 Å². The molecule has 8 fully saturated rings. The molecule has 7 aromatic carbocycles. The smallest absolute Gasteiger partial charge is 0.247 e. The largest absolute Gasteiger partial charge is 0.364 e. The maximum Gasteiger partial charge on any atom is 0.247 e. The summed E-state index contributed by atoms with van der Waals surface area (Å²) in [6.07, 6.45) is 0.818. The zero-order chi connectivity index (χ0) is 66.0. The van der Waals surface area contributed by atoms with Gasteiger partial charge in [-0.05, 0) is 101 Å². The summed E-state index contributed by atoms with van der Waals surface area (Å²) in [7, 11) is 0. The molecule has 7 aromatic rings. The third-order valence-corrected chi connectivity index (χ3v) is 24.0. The fraction of sp³-hybridized carbons (Fsp3) is 0.351. The summed E-state index contributed by atoms with van der Waals surface area (Å²) in [6, 6.07) is 56.0. The summed E-state index contributed by atoms with van der Waals surface area (Å²) in [6.45, 7) is 4.10. The maximum atomic E-state index is 14.6. The van der Waals surface area contributed by atoms with E-state index in [1.807, 2.05) is 164 Å². The Labute approximate surface area is 560 Å². The molecule has 20 heteroatoms. The summed E-state index contributed by atoms with van der Waals surface area (Å²) >= 11 is 0. The highest BCUT2D eigenvalue weighted by atomic mass is 16.2. The van der Waals surface area contributed by atoms with Crippen LogP contribution in [0.2, 0.25) is 0 Å². The standard InChI is InChI=1S/C40H36N6O4.C37H38N6O4/c47-33-31-21-39(25-15-7-9-17-27(25)43-37(39)45(31)35(49)29(41-33)19-23-11-3-1-4-12-23)40-22-32-34(48)42-30(20-24-13-5-2-6-14-24)36(50)46(32)38(40)44-28-18-10-8-16-26(28)40;1-20(2)16-26-32(46)42-28(30(44)38-26)18-36(22-12-6-8-14-24(22)40-34(36)42)37-19-29-31(45)39-27(17-21-10-4-3-5-11-21)33(47)43(29)35(37)41-25-15-9-7-13-23(25)37/h1-18,29-32,37-38,43-44H,19-22H2,(H,41,47)(H,42,48);3-15,20,26-29,34-35,40-41H,16-19H2,1-2H3,(H,38,44)(H,39,45)/t29-,30-,31-,32-,37+,38+,39-,40?;26-,27-,28-,29-,34+,35+,36-,37?/m00/s1. The van der Waals surface area contributed by atoms with Crippen LogP contribution in [-0.4, -0.2) is 140 Å². The van der Waals surface area contributed by atoms with Crippen molar-refractivity contribution < 1.29 is 38.4 Å². The highest BCUT2D eigenvalue weighted by Gasteiger charge is 2.80.